The van der Waals surface area contributed by atoms with Crippen LogP contribution in [0.3, 0.4) is 0 Å². The van der Waals surface area contributed by atoms with E-state index >= 15 is 0 Å². The summed E-state index contributed by atoms with van der Waals surface area (Å²) in [7, 11) is -2.85. The standard InChI is InChI=1S/C11H21BrO2S/c1-3-10(2)7-15(13,14)9-11(8-12)5-4-6-11/h10H,3-9H2,1-2H3. The van der Waals surface area contributed by atoms with Gasteiger partial charge in [0.1, 0.15) is 0 Å². The van der Waals surface area contributed by atoms with Crippen molar-refractivity contribution in [3.63, 3.8) is 0 Å². The highest BCUT2D eigenvalue weighted by molar-refractivity contribution is 9.09. The summed E-state index contributed by atoms with van der Waals surface area (Å²) in [6, 6.07) is 0. The predicted molar refractivity (Wildman–Crippen MR) is 68.2 cm³/mol. The van der Waals surface area contributed by atoms with Crippen LogP contribution in [0.5, 0.6) is 0 Å². The van der Waals surface area contributed by atoms with Crippen molar-refractivity contribution in [2.75, 3.05) is 16.8 Å². The number of halogens is 1. The van der Waals surface area contributed by atoms with Crippen LogP contribution in [-0.2, 0) is 9.84 Å². The van der Waals surface area contributed by atoms with E-state index in [1.165, 1.54) is 6.42 Å². The van der Waals surface area contributed by atoms with Crippen LogP contribution < -0.4 is 0 Å². The van der Waals surface area contributed by atoms with Gasteiger partial charge in [-0.25, -0.2) is 8.42 Å². The van der Waals surface area contributed by atoms with E-state index in [4.69, 9.17) is 0 Å². The maximum atomic E-state index is 11.9. The van der Waals surface area contributed by atoms with Crippen LogP contribution in [0.25, 0.3) is 0 Å². The molecule has 0 aromatic rings. The summed E-state index contributed by atoms with van der Waals surface area (Å²) in [6.07, 6.45) is 4.26. The zero-order chi connectivity index (χ0) is 11.5. The lowest BCUT2D eigenvalue weighted by Gasteiger charge is -2.40. The molecule has 0 aliphatic heterocycles. The maximum Gasteiger partial charge on any atom is 0.151 e. The Morgan fingerprint density at radius 2 is 2.00 bits per heavy atom. The van der Waals surface area contributed by atoms with Gasteiger partial charge in [-0.05, 0) is 24.2 Å². The molecule has 0 bridgehead atoms. The topological polar surface area (TPSA) is 34.1 Å². The van der Waals surface area contributed by atoms with Crippen molar-refractivity contribution in [3.8, 4) is 0 Å². The van der Waals surface area contributed by atoms with Crippen molar-refractivity contribution < 1.29 is 8.42 Å². The second-order valence-electron chi connectivity index (χ2n) is 5.06. The molecular formula is C11H21BrO2S. The Morgan fingerprint density at radius 3 is 2.33 bits per heavy atom. The van der Waals surface area contributed by atoms with Gasteiger partial charge >= 0.3 is 0 Å². The van der Waals surface area contributed by atoms with E-state index in [-0.39, 0.29) is 5.41 Å². The molecule has 0 spiro atoms. The summed E-state index contributed by atoms with van der Waals surface area (Å²) in [5.41, 5.74) is 0.0618. The van der Waals surface area contributed by atoms with Gasteiger partial charge in [0, 0.05) is 5.33 Å². The first-order valence-electron chi connectivity index (χ1n) is 5.69. The van der Waals surface area contributed by atoms with Gasteiger partial charge in [0.05, 0.1) is 11.5 Å². The van der Waals surface area contributed by atoms with Gasteiger partial charge in [0.25, 0.3) is 0 Å². The van der Waals surface area contributed by atoms with Gasteiger partial charge < -0.3 is 0 Å². The quantitative estimate of drug-likeness (QED) is 0.706. The van der Waals surface area contributed by atoms with E-state index in [1.807, 2.05) is 13.8 Å². The van der Waals surface area contributed by atoms with Crippen molar-refractivity contribution in [1.82, 2.24) is 0 Å². The van der Waals surface area contributed by atoms with Crippen LogP contribution >= 0.6 is 15.9 Å². The van der Waals surface area contributed by atoms with E-state index in [0.29, 0.717) is 17.4 Å². The summed E-state index contributed by atoms with van der Waals surface area (Å²) >= 11 is 3.45. The molecule has 0 heterocycles. The molecule has 0 aromatic heterocycles. The highest BCUT2D eigenvalue weighted by atomic mass is 79.9. The molecule has 90 valence electrons. The molecule has 2 nitrogen and oxygen atoms in total. The SMILES string of the molecule is CCC(C)CS(=O)(=O)CC1(CBr)CCC1. The Morgan fingerprint density at radius 1 is 1.40 bits per heavy atom. The van der Waals surface area contributed by atoms with Crippen molar-refractivity contribution in [1.29, 1.82) is 0 Å². The van der Waals surface area contributed by atoms with Crippen molar-refractivity contribution >= 4 is 25.8 Å². The Labute approximate surface area is 102 Å². The lowest BCUT2D eigenvalue weighted by molar-refractivity contribution is 0.203. The molecule has 15 heavy (non-hydrogen) atoms. The molecule has 0 amide bonds. The second-order valence-corrected chi connectivity index (χ2v) is 7.73. The van der Waals surface area contributed by atoms with E-state index in [9.17, 15) is 8.42 Å². The van der Waals surface area contributed by atoms with Crippen LogP contribution in [0.4, 0.5) is 0 Å². The first kappa shape index (κ1) is 13.5. The molecule has 1 aliphatic rings. The molecule has 1 saturated carbocycles. The van der Waals surface area contributed by atoms with Gasteiger partial charge in [-0.1, -0.05) is 42.6 Å². The van der Waals surface area contributed by atoms with Gasteiger partial charge in [-0.3, -0.25) is 0 Å². The normalized spacial score (nSPS) is 22.1. The van der Waals surface area contributed by atoms with Gasteiger partial charge in [0.2, 0.25) is 0 Å². The molecule has 1 unspecified atom stereocenters. The monoisotopic (exact) mass is 296 g/mol. The minimum Gasteiger partial charge on any atom is -0.229 e. The van der Waals surface area contributed by atoms with Crippen LogP contribution in [0.15, 0.2) is 0 Å². The molecule has 1 atom stereocenters. The summed E-state index contributed by atoms with van der Waals surface area (Å²) < 4.78 is 23.9. The van der Waals surface area contributed by atoms with E-state index in [2.05, 4.69) is 15.9 Å². The molecular weight excluding hydrogens is 276 g/mol. The van der Waals surface area contributed by atoms with Crippen molar-refractivity contribution in [2.24, 2.45) is 11.3 Å². The van der Waals surface area contributed by atoms with Crippen LogP contribution in [0.2, 0.25) is 0 Å². The fourth-order valence-electron chi connectivity index (χ4n) is 2.07. The minimum absolute atomic E-state index is 0.0618. The van der Waals surface area contributed by atoms with Crippen molar-refractivity contribution in [3.05, 3.63) is 0 Å². The summed E-state index contributed by atoms with van der Waals surface area (Å²) in [5.74, 6) is 1.04. The number of rotatable bonds is 6. The Kier molecular flexibility index (Phi) is 4.65. The van der Waals surface area contributed by atoms with Crippen LogP contribution in [0, 0.1) is 11.3 Å². The first-order valence-corrected chi connectivity index (χ1v) is 8.64. The first-order chi connectivity index (χ1) is 6.93. The number of alkyl halides is 1. The average molecular weight is 297 g/mol. The zero-order valence-corrected chi connectivity index (χ0v) is 12.0. The largest absolute Gasteiger partial charge is 0.229 e. The predicted octanol–water partition coefficient (Wildman–Crippen LogP) is 3.01. The Bertz CT molecular complexity index is 288. The van der Waals surface area contributed by atoms with Gasteiger partial charge in [-0.2, -0.15) is 0 Å². The Hall–Kier alpha value is 0.430. The van der Waals surface area contributed by atoms with E-state index in [1.54, 1.807) is 0 Å². The minimum atomic E-state index is -2.85. The smallest absolute Gasteiger partial charge is 0.151 e. The summed E-state index contributed by atoms with van der Waals surface area (Å²) in [4.78, 5) is 0. The fourth-order valence-corrected chi connectivity index (χ4v) is 5.64. The lowest BCUT2D eigenvalue weighted by Crippen LogP contribution is -2.39. The third kappa shape index (κ3) is 3.74. The third-order valence-corrected chi connectivity index (χ3v) is 6.78. The number of hydrogen-bond donors (Lipinski definition) is 0. The maximum absolute atomic E-state index is 11.9. The van der Waals surface area contributed by atoms with Crippen molar-refractivity contribution in [2.45, 2.75) is 39.5 Å². The van der Waals surface area contributed by atoms with Gasteiger partial charge in [0.15, 0.2) is 9.84 Å². The molecule has 1 fully saturated rings. The molecule has 1 aliphatic carbocycles. The number of sulfone groups is 1. The zero-order valence-electron chi connectivity index (χ0n) is 9.63. The molecule has 4 heteroatoms. The molecule has 0 radical (unpaired) electrons. The molecule has 0 saturated heterocycles. The molecule has 1 rings (SSSR count). The van der Waals surface area contributed by atoms with Crippen LogP contribution in [0.1, 0.15) is 39.5 Å². The van der Waals surface area contributed by atoms with E-state index in [0.717, 1.165) is 24.6 Å². The highest BCUT2D eigenvalue weighted by Crippen LogP contribution is 2.43. The summed E-state index contributed by atoms with van der Waals surface area (Å²) in [5, 5.41) is 0.833. The Balaban J connectivity index is 2.55. The lowest BCUT2D eigenvalue weighted by atomic mass is 9.72. The van der Waals surface area contributed by atoms with E-state index < -0.39 is 9.84 Å². The average Bonchev–Trinajstić information content (AvgIpc) is 2.10. The van der Waals surface area contributed by atoms with Gasteiger partial charge in [-0.15, -0.1) is 0 Å². The molecule has 0 N–H and O–H groups in total. The second kappa shape index (κ2) is 5.17. The molecule has 0 aromatic carbocycles. The highest BCUT2D eigenvalue weighted by Gasteiger charge is 2.40. The summed E-state index contributed by atoms with van der Waals surface area (Å²) in [6.45, 7) is 4.06. The third-order valence-electron chi connectivity index (χ3n) is 3.46. The fraction of sp³-hybridized carbons (Fsp3) is 1.00. The van der Waals surface area contributed by atoms with Crippen LogP contribution in [-0.4, -0.2) is 25.3 Å². The number of hydrogen-bond acceptors (Lipinski definition) is 2.